The normalized spacial score (nSPS) is 11.7. The molecule has 0 aliphatic rings. The second-order valence-corrected chi connectivity index (χ2v) is 4.84. The van der Waals surface area contributed by atoms with E-state index in [-0.39, 0.29) is 5.41 Å². The lowest BCUT2D eigenvalue weighted by Crippen LogP contribution is -2.18. The third kappa shape index (κ3) is 3.96. The zero-order chi connectivity index (χ0) is 11.3. The second kappa shape index (κ2) is 5.21. The average molecular weight is 207 g/mol. The van der Waals surface area contributed by atoms with Crippen LogP contribution in [0, 0.1) is 0 Å². The third-order valence-electron chi connectivity index (χ3n) is 2.13. The average Bonchev–Trinajstić information content (AvgIpc) is 2.18. The summed E-state index contributed by atoms with van der Waals surface area (Å²) in [6, 6.07) is 0. The number of aromatic nitrogens is 2. The molecule has 0 unspecified atom stereocenters. The SMILES string of the molecule is CCCNCc1cnc(C(C)(C)C)nc1. The molecule has 3 nitrogen and oxygen atoms in total. The molecular formula is C12H21N3. The molecule has 0 spiro atoms. The molecule has 15 heavy (non-hydrogen) atoms. The van der Waals surface area contributed by atoms with Crippen molar-refractivity contribution >= 4 is 0 Å². The van der Waals surface area contributed by atoms with Gasteiger partial charge in [0.15, 0.2) is 0 Å². The third-order valence-corrected chi connectivity index (χ3v) is 2.13. The maximum atomic E-state index is 4.38. The van der Waals surface area contributed by atoms with E-state index in [0.717, 1.165) is 30.9 Å². The fourth-order valence-corrected chi connectivity index (χ4v) is 1.24. The summed E-state index contributed by atoms with van der Waals surface area (Å²) in [5.41, 5.74) is 1.19. The van der Waals surface area contributed by atoms with Crippen molar-refractivity contribution in [3.8, 4) is 0 Å². The Morgan fingerprint density at radius 2 is 1.80 bits per heavy atom. The van der Waals surface area contributed by atoms with Gasteiger partial charge in [0.2, 0.25) is 0 Å². The van der Waals surface area contributed by atoms with Gasteiger partial charge in [0, 0.05) is 29.9 Å². The number of rotatable bonds is 4. The van der Waals surface area contributed by atoms with Crippen molar-refractivity contribution in [2.75, 3.05) is 6.54 Å². The molecule has 0 aliphatic carbocycles. The molecule has 84 valence electrons. The summed E-state index contributed by atoms with van der Waals surface area (Å²) < 4.78 is 0. The van der Waals surface area contributed by atoms with E-state index in [9.17, 15) is 0 Å². The minimum absolute atomic E-state index is 0.0371. The van der Waals surface area contributed by atoms with Crippen molar-refractivity contribution < 1.29 is 0 Å². The molecule has 0 radical (unpaired) electrons. The molecule has 0 amide bonds. The van der Waals surface area contributed by atoms with E-state index in [1.807, 2.05) is 12.4 Å². The molecule has 0 atom stereocenters. The van der Waals surface area contributed by atoms with E-state index in [1.54, 1.807) is 0 Å². The van der Waals surface area contributed by atoms with Crippen LogP contribution in [0.4, 0.5) is 0 Å². The first-order chi connectivity index (χ1) is 7.04. The van der Waals surface area contributed by atoms with Crippen LogP contribution in [-0.2, 0) is 12.0 Å². The van der Waals surface area contributed by atoms with E-state index in [4.69, 9.17) is 0 Å². The van der Waals surface area contributed by atoms with Gasteiger partial charge in [-0.25, -0.2) is 9.97 Å². The maximum absolute atomic E-state index is 4.38. The fraction of sp³-hybridized carbons (Fsp3) is 0.667. The highest BCUT2D eigenvalue weighted by atomic mass is 14.9. The van der Waals surface area contributed by atoms with Crippen molar-refractivity contribution in [2.24, 2.45) is 0 Å². The van der Waals surface area contributed by atoms with Gasteiger partial charge in [0.1, 0.15) is 5.82 Å². The highest BCUT2D eigenvalue weighted by Crippen LogP contribution is 2.16. The van der Waals surface area contributed by atoms with Gasteiger partial charge in [-0.05, 0) is 13.0 Å². The van der Waals surface area contributed by atoms with Crippen LogP contribution in [0.25, 0.3) is 0 Å². The Hall–Kier alpha value is -0.960. The molecule has 1 aromatic rings. The molecule has 1 N–H and O–H groups in total. The molecule has 0 saturated carbocycles. The Morgan fingerprint density at radius 1 is 1.20 bits per heavy atom. The molecule has 0 bridgehead atoms. The van der Waals surface area contributed by atoms with Crippen LogP contribution < -0.4 is 5.32 Å². The largest absolute Gasteiger partial charge is 0.313 e. The fourth-order valence-electron chi connectivity index (χ4n) is 1.24. The van der Waals surface area contributed by atoms with Crippen molar-refractivity contribution in [3.05, 3.63) is 23.8 Å². The van der Waals surface area contributed by atoms with Crippen LogP contribution in [0.1, 0.15) is 45.5 Å². The number of nitrogens with one attached hydrogen (secondary N) is 1. The van der Waals surface area contributed by atoms with E-state index < -0.39 is 0 Å². The summed E-state index contributed by atoms with van der Waals surface area (Å²) in [6.07, 6.45) is 4.98. The summed E-state index contributed by atoms with van der Waals surface area (Å²) in [4.78, 5) is 8.76. The number of hydrogen-bond donors (Lipinski definition) is 1. The monoisotopic (exact) mass is 207 g/mol. The van der Waals surface area contributed by atoms with Crippen LogP contribution in [0.3, 0.4) is 0 Å². The smallest absolute Gasteiger partial charge is 0.133 e. The number of nitrogens with zero attached hydrogens (tertiary/aromatic N) is 2. The van der Waals surface area contributed by atoms with Crippen LogP contribution in [0.5, 0.6) is 0 Å². The van der Waals surface area contributed by atoms with Crippen molar-refractivity contribution in [1.29, 1.82) is 0 Å². The van der Waals surface area contributed by atoms with Crippen LogP contribution in [0.2, 0.25) is 0 Å². The summed E-state index contributed by atoms with van der Waals surface area (Å²) in [5, 5.41) is 3.33. The molecule has 1 heterocycles. The van der Waals surface area contributed by atoms with Gasteiger partial charge in [0.25, 0.3) is 0 Å². The summed E-state index contributed by atoms with van der Waals surface area (Å²) in [5.74, 6) is 0.904. The van der Waals surface area contributed by atoms with Gasteiger partial charge in [0.05, 0.1) is 0 Å². The summed E-state index contributed by atoms with van der Waals surface area (Å²) in [7, 11) is 0. The predicted molar refractivity (Wildman–Crippen MR) is 62.7 cm³/mol. The second-order valence-electron chi connectivity index (χ2n) is 4.84. The Morgan fingerprint density at radius 3 is 2.27 bits per heavy atom. The Bertz CT molecular complexity index is 285. The van der Waals surface area contributed by atoms with Crippen molar-refractivity contribution in [2.45, 2.75) is 46.1 Å². The molecule has 0 aliphatic heterocycles. The first kappa shape index (κ1) is 12.1. The van der Waals surface area contributed by atoms with E-state index in [2.05, 4.69) is 43.0 Å². The summed E-state index contributed by atoms with van der Waals surface area (Å²) in [6.45, 7) is 10.4. The quantitative estimate of drug-likeness (QED) is 0.770. The first-order valence-electron chi connectivity index (χ1n) is 5.56. The van der Waals surface area contributed by atoms with Gasteiger partial charge < -0.3 is 5.32 Å². The van der Waals surface area contributed by atoms with Crippen LogP contribution >= 0.6 is 0 Å². The Balaban J connectivity index is 2.57. The topological polar surface area (TPSA) is 37.8 Å². The van der Waals surface area contributed by atoms with Gasteiger partial charge >= 0.3 is 0 Å². The maximum Gasteiger partial charge on any atom is 0.133 e. The molecule has 1 rings (SSSR count). The zero-order valence-corrected chi connectivity index (χ0v) is 10.2. The minimum Gasteiger partial charge on any atom is -0.313 e. The molecule has 1 aromatic heterocycles. The highest BCUT2D eigenvalue weighted by Gasteiger charge is 2.16. The molecular weight excluding hydrogens is 186 g/mol. The lowest BCUT2D eigenvalue weighted by molar-refractivity contribution is 0.542. The van der Waals surface area contributed by atoms with Gasteiger partial charge in [-0.3, -0.25) is 0 Å². The van der Waals surface area contributed by atoms with Crippen molar-refractivity contribution in [1.82, 2.24) is 15.3 Å². The molecule has 0 aromatic carbocycles. The molecule has 0 fully saturated rings. The van der Waals surface area contributed by atoms with Crippen LogP contribution in [0.15, 0.2) is 12.4 Å². The Labute approximate surface area is 92.3 Å². The zero-order valence-electron chi connectivity index (χ0n) is 10.2. The highest BCUT2D eigenvalue weighted by molar-refractivity contribution is 5.09. The molecule has 0 saturated heterocycles. The van der Waals surface area contributed by atoms with Crippen LogP contribution in [-0.4, -0.2) is 16.5 Å². The van der Waals surface area contributed by atoms with E-state index in [0.29, 0.717) is 0 Å². The Kier molecular flexibility index (Phi) is 4.21. The van der Waals surface area contributed by atoms with Crippen molar-refractivity contribution in [3.63, 3.8) is 0 Å². The standard InChI is InChI=1S/C12H21N3/c1-5-6-13-7-10-8-14-11(15-9-10)12(2,3)4/h8-9,13H,5-7H2,1-4H3. The van der Waals surface area contributed by atoms with Gasteiger partial charge in [-0.1, -0.05) is 27.7 Å². The predicted octanol–water partition coefficient (Wildman–Crippen LogP) is 2.27. The van der Waals surface area contributed by atoms with E-state index in [1.165, 1.54) is 0 Å². The van der Waals surface area contributed by atoms with Gasteiger partial charge in [-0.15, -0.1) is 0 Å². The number of hydrogen-bond acceptors (Lipinski definition) is 3. The minimum atomic E-state index is 0.0371. The molecule has 3 heteroatoms. The summed E-state index contributed by atoms with van der Waals surface area (Å²) >= 11 is 0. The lowest BCUT2D eigenvalue weighted by Gasteiger charge is -2.16. The van der Waals surface area contributed by atoms with Gasteiger partial charge in [-0.2, -0.15) is 0 Å². The first-order valence-corrected chi connectivity index (χ1v) is 5.56. The van der Waals surface area contributed by atoms with E-state index >= 15 is 0 Å². The lowest BCUT2D eigenvalue weighted by atomic mass is 9.96.